The summed E-state index contributed by atoms with van der Waals surface area (Å²) >= 11 is 0. The quantitative estimate of drug-likeness (QED) is 0.361. The van der Waals surface area contributed by atoms with Gasteiger partial charge in [-0.2, -0.15) is 5.26 Å². The SMILES string of the molecule is C=CC(/C=C(/C#N)C(C)=O)=C\C. The smallest absolute Gasteiger partial charge is 0.170 e. The van der Waals surface area contributed by atoms with E-state index in [1.807, 2.05) is 13.0 Å². The monoisotopic (exact) mass is 161 g/mol. The average molecular weight is 161 g/mol. The summed E-state index contributed by atoms with van der Waals surface area (Å²) in [4.78, 5) is 10.8. The first kappa shape index (κ1) is 10.4. The van der Waals surface area contributed by atoms with Crippen molar-refractivity contribution in [1.82, 2.24) is 0 Å². The van der Waals surface area contributed by atoms with Crippen LogP contribution in [0.1, 0.15) is 13.8 Å². The maximum atomic E-state index is 10.8. The number of allylic oxidation sites excluding steroid dienone is 5. The van der Waals surface area contributed by atoms with E-state index in [0.717, 1.165) is 5.57 Å². The summed E-state index contributed by atoms with van der Waals surface area (Å²) in [7, 11) is 0. The topological polar surface area (TPSA) is 40.9 Å². The predicted octanol–water partition coefficient (Wildman–Crippen LogP) is 2.16. The minimum absolute atomic E-state index is 0.156. The maximum Gasteiger partial charge on any atom is 0.170 e. The third-order valence-electron chi connectivity index (χ3n) is 1.38. The van der Waals surface area contributed by atoms with Crippen molar-refractivity contribution < 1.29 is 4.79 Å². The third kappa shape index (κ3) is 2.98. The van der Waals surface area contributed by atoms with Gasteiger partial charge in [0.15, 0.2) is 5.78 Å². The fraction of sp³-hybridized carbons (Fsp3) is 0.200. The van der Waals surface area contributed by atoms with Crippen molar-refractivity contribution in [3.8, 4) is 6.07 Å². The lowest BCUT2D eigenvalue weighted by Gasteiger charge is -1.92. The lowest BCUT2D eigenvalue weighted by molar-refractivity contribution is -0.113. The summed E-state index contributed by atoms with van der Waals surface area (Å²) < 4.78 is 0. The van der Waals surface area contributed by atoms with Crippen LogP contribution in [0.15, 0.2) is 36.0 Å². The van der Waals surface area contributed by atoms with Crippen molar-refractivity contribution in [2.75, 3.05) is 0 Å². The van der Waals surface area contributed by atoms with Crippen LogP contribution in [-0.4, -0.2) is 5.78 Å². The molecule has 0 saturated carbocycles. The van der Waals surface area contributed by atoms with Crippen LogP contribution in [0.5, 0.6) is 0 Å². The van der Waals surface area contributed by atoms with Gasteiger partial charge in [0.05, 0.1) is 5.57 Å². The Morgan fingerprint density at radius 3 is 2.42 bits per heavy atom. The van der Waals surface area contributed by atoms with Crippen molar-refractivity contribution in [2.24, 2.45) is 0 Å². The fourth-order valence-corrected chi connectivity index (χ4v) is 0.639. The van der Waals surface area contributed by atoms with Crippen LogP contribution in [-0.2, 0) is 4.79 Å². The molecule has 0 spiro atoms. The van der Waals surface area contributed by atoms with E-state index in [0.29, 0.717) is 0 Å². The van der Waals surface area contributed by atoms with Gasteiger partial charge in [-0.3, -0.25) is 4.79 Å². The van der Waals surface area contributed by atoms with Gasteiger partial charge in [0.25, 0.3) is 0 Å². The Bertz CT molecular complexity index is 289. The van der Waals surface area contributed by atoms with Gasteiger partial charge in [-0.25, -0.2) is 0 Å². The lowest BCUT2D eigenvalue weighted by atomic mass is 10.1. The Morgan fingerprint density at radius 2 is 2.17 bits per heavy atom. The minimum Gasteiger partial charge on any atom is -0.294 e. The minimum atomic E-state index is -0.223. The molecule has 0 aromatic heterocycles. The van der Waals surface area contributed by atoms with Crippen LogP contribution in [0, 0.1) is 11.3 Å². The van der Waals surface area contributed by atoms with Gasteiger partial charge in [0, 0.05) is 0 Å². The molecular weight excluding hydrogens is 150 g/mol. The number of rotatable bonds is 3. The highest BCUT2D eigenvalue weighted by Gasteiger charge is 2.00. The van der Waals surface area contributed by atoms with Crippen LogP contribution >= 0.6 is 0 Å². The molecule has 0 amide bonds. The Labute approximate surface area is 72.5 Å². The molecule has 0 aliphatic rings. The van der Waals surface area contributed by atoms with Crippen molar-refractivity contribution in [3.63, 3.8) is 0 Å². The van der Waals surface area contributed by atoms with Gasteiger partial charge in [-0.05, 0) is 25.5 Å². The van der Waals surface area contributed by atoms with Gasteiger partial charge in [0.1, 0.15) is 6.07 Å². The Morgan fingerprint density at radius 1 is 1.58 bits per heavy atom. The van der Waals surface area contributed by atoms with Gasteiger partial charge < -0.3 is 0 Å². The molecule has 0 rings (SSSR count). The summed E-state index contributed by atoms with van der Waals surface area (Å²) in [5.41, 5.74) is 0.935. The Hall–Kier alpha value is -1.62. The molecule has 0 fully saturated rings. The first-order valence-electron chi connectivity index (χ1n) is 3.57. The maximum absolute atomic E-state index is 10.8. The highest BCUT2D eigenvalue weighted by molar-refractivity contribution is 5.97. The molecule has 2 nitrogen and oxygen atoms in total. The molecule has 12 heavy (non-hydrogen) atoms. The molecule has 0 bridgehead atoms. The van der Waals surface area contributed by atoms with E-state index in [9.17, 15) is 4.79 Å². The summed E-state index contributed by atoms with van der Waals surface area (Å²) in [6.07, 6.45) is 4.91. The van der Waals surface area contributed by atoms with E-state index >= 15 is 0 Å². The summed E-state index contributed by atoms with van der Waals surface area (Å²) in [6.45, 7) is 6.73. The molecule has 62 valence electrons. The van der Waals surface area contributed by atoms with Crippen LogP contribution in [0.25, 0.3) is 0 Å². The first-order valence-corrected chi connectivity index (χ1v) is 3.57. The fourth-order valence-electron chi connectivity index (χ4n) is 0.639. The van der Waals surface area contributed by atoms with Crippen LogP contribution in [0.3, 0.4) is 0 Å². The molecule has 2 heteroatoms. The normalized spacial score (nSPS) is 12.1. The number of carbonyl (C=O) groups is 1. The predicted molar refractivity (Wildman–Crippen MR) is 48.3 cm³/mol. The second-order valence-corrected chi connectivity index (χ2v) is 2.22. The Kier molecular flexibility index (Phi) is 4.40. The van der Waals surface area contributed by atoms with Crippen LogP contribution in [0.4, 0.5) is 0 Å². The van der Waals surface area contributed by atoms with Crippen LogP contribution < -0.4 is 0 Å². The molecule has 0 saturated heterocycles. The summed E-state index contributed by atoms with van der Waals surface area (Å²) in [5.74, 6) is -0.223. The lowest BCUT2D eigenvalue weighted by Crippen LogP contribution is -1.93. The molecular formula is C10H11NO. The van der Waals surface area contributed by atoms with Crippen molar-refractivity contribution in [2.45, 2.75) is 13.8 Å². The number of hydrogen-bond donors (Lipinski definition) is 0. The second kappa shape index (κ2) is 5.09. The highest BCUT2D eigenvalue weighted by atomic mass is 16.1. The zero-order chi connectivity index (χ0) is 9.56. The third-order valence-corrected chi connectivity index (χ3v) is 1.38. The number of Topliss-reactive ketones (excluding diaryl/α,β-unsaturated/α-hetero) is 1. The van der Waals surface area contributed by atoms with E-state index in [2.05, 4.69) is 6.58 Å². The molecule has 0 aromatic rings. The molecule has 0 aromatic carbocycles. The summed E-state index contributed by atoms with van der Waals surface area (Å²) in [6, 6.07) is 1.82. The number of ketones is 1. The molecule has 0 atom stereocenters. The molecule has 0 radical (unpaired) electrons. The standard InChI is InChI=1S/C10H11NO/c1-4-9(5-2)6-10(7-11)8(3)12/h4-6H,1H2,2-3H3/b9-5+,10-6-. The van der Waals surface area contributed by atoms with Crippen molar-refractivity contribution in [1.29, 1.82) is 5.26 Å². The van der Waals surface area contributed by atoms with E-state index in [-0.39, 0.29) is 11.4 Å². The molecule has 0 unspecified atom stereocenters. The van der Waals surface area contributed by atoms with E-state index in [1.54, 1.807) is 12.2 Å². The first-order chi connectivity index (χ1) is 5.65. The number of hydrogen-bond acceptors (Lipinski definition) is 2. The average Bonchev–Trinajstić information content (AvgIpc) is 2.06. The summed E-state index contributed by atoms with van der Waals surface area (Å²) in [5, 5.41) is 8.54. The molecule has 0 aliphatic carbocycles. The number of nitrogens with zero attached hydrogens (tertiary/aromatic N) is 1. The largest absolute Gasteiger partial charge is 0.294 e. The van der Waals surface area contributed by atoms with Crippen molar-refractivity contribution in [3.05, 3.63) is 36.0 Å². The zero-order valence-corrected chi connectivity index (χ0v) is 7.29. The Balaban J connectivity index is 4.86. The van der Waals surface area contributed by atoms with E-state index < -0.39 is 0 Å². The second-order valence-electron chi connectivity index (χ2n) is 2.22. The van der Waals surface area contributed by atoms with Gasteiger partial charge in [-0.1, -0.05) is 18.7 Å². The number of carbonyl (C=O) groups excluding carboxylic acids is 1. The van der Waals surface area contributed by atoms with Crippen LogP contribution in [0.2, 0.25) is 0 Å². The van der Waals surface area contributed by atoms with Gasteiger partial charge >= 0.3 is 0 Å². The van der Waals surface area contributed by atoms with Gasteiger partial charge in [-0.15, -0.1) is 0 Å². The highest BCUT2D eigenvalue weighted by Crippen LogP contribution is 2.03. The number of nitriles is 1. The molecule has 0 aliphatic heterocycles. The van der Waals surface area contributed by atoms with E-state index in [4.69, 9.17) is 5.26 Å². The van der Waals surface area contributed by atoms with E-state index in [1.165, 1.54) is 13.0 Å². The molecule has 0 heterocycles. The molecule has 0 N–H and O–H groups in total. The van der Waals surface area contributed by atoms with Gasteiger partial charge in [0.2, 0.25) is 0 Å². The van der Waals surface area contributed by atoms with Crippen molar-refractivity contribution >= 4 is 5.78 Å². The zero-order valence-electron chi connectivity index (χ0n) is 7.29.